The highest BCUT2D eigenvalue weighted by molar-refractivity contribution is 5.85. The number of aromatic nitrogens is 1. The van der Waals surface area contributed by atoms with E-state index in [0.29, 0.717) is 0 Å². The van der Waals surface area contributed by atoms with Gasteiger partial charge in [0.1, 0.15) is 0 Å². The fourth-order valence-corrected chi connectivity index (χ4v) is 3.41. The van der Waals surface area contributed by atoms with E-state index in [2.05, 4.69) is 65.8 Å². The Balaban J connectivity index is 1.82. The van der Waals surface area contributed by atoms with Crippen molar-refractivity contribution in [3.8, 4) is 0 Å². The number of benzene rings is 2. The normalized spacial score (nSPS) is 17.9. The van der Waals surface area contributed by atoms with E-state index in [1.54, 1.807) is 0 Å². The lowest BCUT2D eigenvalue weighted by atomic mass is 9.94. The van der Waals surface area contributed by atoms with Gasteiger partial charge in [-0.05, 0) is 35.6 Å². The predicted octanol–water partition coefficient (Wildman–Crippen LogP) is 3.97. The van der Waals surface area contributed by atoms with Gasteiger partial charge in [0.25, 0.3) is 0 Å². The fraction of sp³-hybridized carbons (Fsp3) is 0.263. The molecule has 2 nitrogen and oxygen atoms in total. The molecule has 1 aliphatic rings. The Kier molecular flexibility index (Phi) is 3.04. The lowest BCUT2D eigenvalue weighted by Crippen LogP contribution is -2.30. The molecule has 2 heterocycles. The quantitative estimate of drug-likeness (QED) is 0.728. The monoisotopic (exact) mass is 276 g/mol. The maximum absolute atomic E-state index is 3.66. The Labute approximate surface area is 125 Å². The molecule has 1 unspecified atom stereocenters. The van der Waals surface area contributed by atoms with Gasteiger partial charge in [0, 0.05) is 23.1 Å². The molecule has 4 rings (SSSR count). The number of hydrogen-bond acceptors (Lipinski definition) is 1. The molecule has 0 saturated heterocycles. The zero-order chi connectivity index (χ0) is 14.2. The second-order valence-electron chi connectivity index (χ2n) is 5.80. The lowest BCUT2D eigenvalue weighted by Gasteiger charge is -2.25. The molecule has 1 atom stereocenters. The highest BCUT2D eigenvalue weighted by Crippen LogP contribution is 2.33. The number of rotatable bonds is 2. The first kappa shape index (κ1) is 12.7. The van der Waals surface area contributed by atoms with Crippen LogP contribution in [0.5, 0.6) is 0 Å². The van der Waals surface area contributed by atoms with Crippen molar-refractivity contribution in [1.82, 2.24) is 10.3 Å². The highest BCUT2D eigenvalue weighted by Gasteiger charge is 2.24. The molecule has 1 aromatic heterocycles. The van der Waals surface area contributed by atoms with Gasteiger partial charge in [-0.25, -0.2) is 0 Å². The Morgan fingerprint density at radius 1 is 1.05 bits per heavy atom. The molecule has 2 aromatic carbocycles. The molecule has 21 heavy (non-hydrogen) atoms. The van der Waals surface area contributed by atoms with Crippen LogP contribution in [0.1, 0.15) is 35.3 Å². The molecule has 106 valence electrons. The molecule has 0 fully saturated rings. The van der Waals surface area contributed by atoms with Crippen LogP contribution >= 0.6 is 0 Å². The van der Waals surface area contributed by atoms with Gasteiger partial charge in [0.15, 0.2) is 0 Å². The smallest absolute Gasteiger partial charge is 0.0732 e. The predicted molar refractivity (Wildman–Crippen MR) is 87.7 cm³/mol. The number of H-pyrrole nitrogens is 1. The van der Waals surface area contributed by atoms with E-state index in [1.807, 2.05) is 0 Å². The van der Waals surface area contributed by atoms with Crippen LogP contribution in [0, 0.1) is 0 Å². The van der Waals surface area contributed by atoms with E-state index in [-0.39, 0.29) is 6.04 Å². The van der Waals surface area contributed by atoms with E-state index in [1.165, 1.54) is 33.3 Å². The average molecular weight is 276 g/mol. The molecule has 0 radical (unpaired) electrons. The van der Waals surface area contributed by atoms with Crippen molar-refractivity contribution in [2.45, 2.75) is 25.8 Å². The molecular weight excluding hydrogens is 256 g/mol. The van der Waals surface area contributed by atoms with Gasteiger partial charge in [-0.15, -0.1) is 0 Å². The van der Waals surface area contributed by atoms with Crippen LogP contribution < -0.4 is 5.32 Å². The molecule has 0 aliphatic carbocycles. The summed E-state index contributed by atoms with van der Waals surface area (Å²) in [6.45, 7) is 3.23. The van der Waals surface area contributed by atoms with Crippen LogP contribution in [0.25, 0.3) is 10.9 Å². The number of hydrogen-bond donors (Lipinski definition) is 2. The van der Waals surface area contributed by atoms with Gasteiger partial charge < -0.3 is 10.3 Å². The van der Waals surface area contributed by atoms with Gasteiger partial charge in [0.05, 0.1) is 6.04 Å². The minimum Gasteiger partial charge on any atom is -0.357 e. The second-order valence-corrected chi connectivity index (χ2v) is 5.80. The number of fused-ring (bicyclic) bond motifs is 3. The second kappa shape index (κ2) is 5.05. The van der Waals surface area contributed by atoms with E-state index in [0.717, 1.165) is 19.4 Å². The third kappa shape index (κ3) is 2.07. The van der Waals surface area contributed by atoms with E-state index in [4.69, 9.17) is 0 Å². The third-order valence-electron chi connectivity index (χ3n) is 4.58. The van der Waals surface area contributed by atoms with Gasteiger partial charge >= 0.3 is 0 Å². The Bertz CT molecular complexity index is 768. The van der Waals surface area contributed by atoms with Crippen LogP contribution in [-0.4, -0.2) is 11.5 Å². The van der Waals surface area contributed by atoms with Crippen molar-refractivity contribution in [2.75, 3.05) is 6.54 Å². The standard InChI is InChI=1S/C19H20N2/c1-2-13-7-9-14(10-8-13)18-19-16(11-12-20-18)15-5-3-4-6-17(15)21-19/h3-10,18,20-21H,2,11-12H2,1H3. The van der Waals surface area contributed by atoms with Crippen LogP contribution in [0.2, 0.25) is 0 Å². The summed E-state index contributed by atoms with van der Waals surface area (Å²) < 4.78 is 0. The summed E-state index contributed by atoms with van der Waals surface area (Å²) in [6.07, 6.45) is 2.19. The minimum absolute atomic E-state index is 0.284. The summed E-state index contributed by atoms with van der Waals surface area (Å²) >= 11 is 0. The van der Waals surface area contributed by atoms with Gasteiger partial charge in [-0.1, -0.05) is 49.4 Å². The number of aromatic amines is 1. The van der Waals surface area contributed by atoms with Crippen LogP contribution in [0.3, 0.4) is 0 Å². The largest absolute Gasteiger partial charge is 0.357 e. The molecule has 1 aliphatic heterocycles. The summed E-state index contributed by atoms with van der Waals surface area (Å²) in [6, 6.07) is 17.9. The molecular formula is C19H20N2. The maximum Gasteiger partial charge on any atom is 0.0732 e. The van der Waals surface area contributed by atoms with Gasteiger partial charge in [-0.3, -0.25) is 0 Å². The zero-order valence-electron chi connectivity index (χ0n) is 12.3. The van der Waals surface area contributed by atoms with Crippen molar-refractivity contribution < 1.29 is 0 Å². The maximum atomic E-state index is 3.66. The molecule has 2 N–H and O–H groups in total. The van der Waals surface area contributed by atoms with E-state index in [9.17, 15) is 0 Å². The summed E-state index contributed by atoms with van der Waals surface area (Å²) in [7, 11) is 0. The van der Waals surface area contributed by atoms with Crippen LogP contribution in [-0.2, 0) is 12.8 Å². The molecule has 2 heteroatoms. The lowest BCUT2D eigenvalue weighted by molar-refractivity contribution is 0.560. The van der Waals surface area contributed by atoms with Crippen molar-refractivity contribution in [2.24, 2.45) is 0 Å². The van der Waals surface area contributed by atoms with Crippen molar-refractivity contribution >= 4 is 10.9 Å². The third-order valence-corrected chi connectivity index (χ3v) is 4.58. The Morgan fingerprint density at radius 2 is 1.86 bits per heavy atom. The van der Waals surface area contributed by atoms with Crippen LogP contribution in [0.4, 0.5) is 0 Å². The summed E-state index contributed by atoms with van der Waals surface area (Å²) in [5, 5.41) is 5.04. The van der Waals surface area contributed by atoms with Crippen LogP contribution in [0.15, 0.2) is 48.5 Å². The van der Waals surface area contributed by atoms with Crippen molar-refractivity contribution in [3.63, 3.8) is 0 Å². The van der Waals surface area contributed by atoms with E-state index < -0.39 is 0 Å². The minimum atomic E-state index is 0.284. The fourth-order valence-electron chi connectivity index (χ4n) is 3.41. The first-order valence-corrected chi connectivity index (χ1v) is 7.78. The topological polar surface area (TPSA) is 27.8 Å². The molecule has 0 bridgehead atoms. The average Bonchev–Trinajstić information content (AvgIpc) is 2.94. The molecule has 0 spiro atoms. The number of para-hydroxylation sites is 1. The molecule has 3 aromatic rings. The summed E-state index contributed by atoms with van der Waals surface area (Å²) in [4.78, 5) is 3.63. The van der Waals surface area contributed by atoms with Gasteiger partial charge in [0.2, 0.25) is 0 Å². The summed E-state index contributed by atoms with van der Waals surface area (Å²) in [5.41, 5.74) is 6.81. The number of nitrogens with one attached hydrogen (secondary N) is 2. The van der Waals surface area contributed by atoms with Crippen molar-refractivity contribution in [3.05, 3.63) is 70.9 Å². The van der Waals surface area contributed by atoms with Crippen molar-refractivity contribution in [1.29, 1.82) is 0 Å². The SMILES string of the molecule is CCc1ccc(C2NCCc3c2[nH]c2ccccc32)cc1. The summed E-state index contributed by atoms with van der Waals surface area (Å²) in [5.74, 6) is 0. The van der Waals surface area contributed by atoms with E-state index >= 15 is 0 Å². The first-order valence-electron chi connectivity index (χ1n) is 7.78. The molecule has 0 saturated carbocycles. The van der Waals surface area contributed by atoms with Gasteiger partial charge in [-0.2, -0.15) is 0 Å². The Hall–Kier alpha value is -2.06. The zero-order valence-corrected chi connectivity index (χ0v) is 12.3. The Morgan fingerprint density at radius 3 is 2.67 bits per heavy atom. The highest BCUT2D eigenvalue weighted by atomic mass is 15.0. The number of aryl methyl sites for hydroxylation is 1. The molecule has 0 amide bonds. The first-order chi connectivity index (χ1) is 10.4.